The first-order valence-electron chi connectivity index (χ1n) is 8.26. The van der Waals surface area contributed by atoms with Crippen LogP contribution in [0.15, 0.2) is 72.8 Å². The van der Waals surface area contributed by atoms with Crippen LogP contribution in [0, 0.1) is 10.1 Å². The van der Waals surface area contributed by atoms with Crippen LogP contribution in [0.5, 0.6) is 5.75 Å². The number of benzene rings is 3. The Morgan fingerprint density at radius 1 is 0.962 bits per heavy atom. The maximum atomic E-state index is 12.6. The molecule has 0 spiro atoms. The molecule has 1 aliphatic rings. The number of carbonyl (C=O) groups excluding carboxylic acids is 1. The maximum Gasteiger partial charge on any atom is 0.269 e. The van der Waals surface area contributed by atoms with Gasteiger partial charge in [0.05, 0.1) is 11.3 Å². The number of rotatable bonds is 4. The molecule has 0 fully saturated rings. The second kappa shape index (κ2) is 6.44. The number of para-hydroxylation sites is 1. The van der Waals surface area contributed by atoms with Crippen molar-refractivity contribution in [2.45, 2.75) is 12.5 Å². The molecule has 1 atom stereocenters. The Balaban J connectivity index is 1.76. The number of ether oxygens (including phenoxy) is 1. The first-order valence-corrected chi connectivity index (χ1v) is 8.26. The number of Topliss-reactive ketones (excluding diaryl/α,β-unsaturated/α-hetero) is 1. The van der Waals surface area contributed by atoms with E-state index in [-0.39, 0.29) is 17.9 Å². The van der Waals surface area contributed by atoms with Crippen molar-refractivity contribution in [1.29, 1.82) is 0 Å². The molecule has 0 radical (unpaired) electrons. The summed E-state index contributed by atoms with van der Waals surface area (Å²) < 4.78 is 6.04. The molecule has 3 aromatic rings. The molecule has 4 rings (SSSR count). The fraction of sp³-hybridized carbons (Fsp3) is 0.0952. The molecule has 128 valence electrons. The standard InChI is InChI=1S/C21H15NO4/c23-19(14-6-2-1-3-7-14)13-21-18-12-15(22(24)25)10-11-16(18)17-8-4-5-9-20(17)26-21/h1-12,21H,13H2. The van der Waals surface area contributed by atoms with Gasteiger partial charge in [0, 0.05) is 28.8 Å². The molecule has 0 amide bonds. The fourth-order valence-corrected chi connectivity index (χ4v) is 3.25. The summed E-state index contributed by atoms with van der Waals surface area (Å²) in [6, 6.07) is 21.2. The summed E-state index contributed by atoms with van der Waals surface area (Å²) in [7, 11) is 0. The quantitative estimate of drug-likeness (QED) is 0.380. The Morgan fingerprint density at radius 2 is 1.69 bits per heavy atom. The van der Waals surface area contributed by atoms with Gasteiger partial charge in [0.25, 0.3) is 5.69 Å². The summed E-state index contributed by atoms with van der Waals surface area (Å²) in [6.45, 7) is 0. The minimum Gasteiger partial charge on any atom is -0.485 e. The molecule has 0 saturated carbocycles. The number of nitrogens with zero attached hydrogens (tertiary/aromatic N) is 1. The molecule has 1 aliphatic heterocycles. The van der Waals surface area contributed by atoms with Gasteiger partial charge in [0.15, 0.2) is 5.78 Å². The second-order valence-corrected chi connectivity index (χ2v) is 6.12. The number of non-ortho nitro benzene ring substituents is 1. The van der Waals surface area contributed by atoms with Gasteiger partial charge < -0.3 is 4.74 Å². The van der Waals surface area contributed by atoms with Crippen molar-refractivity contribution < 1.29 is 14.5 Å². The van der Waals surface area contributed by atoms with Gasteiger partial charge in [-0.05, 0) is 17.7 Å². The summed E-state index contributed by atoms with van der Waals surface area (Å²) in [5.41, 5.74) is 3.00. The summed E-state index contributed by atoms with van der Waals surface area (Å²) in [6.07, 6.45) is -0.445. The van der Waals surface area contributed by atoms with Crippen molar-refractivity contribution in [2.24, 2.45) is 0 Å². The van der Waals surface area contributed by atoms with E-state index >= 15 is 0 Å². The molecule has 0 aromatic heterocycles. The van der Waals surface area contributed by atoms with E-state index in [0.717, 1.165) is 11.1 Å². The third-order valence-corrected chi connectivity index (χ3v) is 4.51. The van der Waals surface area contributed by atoms with Crippen molar-refractivity contribution in [3.63, 3.8) is 0 Å². The van der Waals surface area contributed by atoms with Crippen LogP contribution in [0.4, 0.5) is 5.69 Å². The van der Waals surface area contributed by atoms with Gasteiger partial charge in [-0.25, -0.2) is 0 Å². The van der Waals surface area contributed by atoms with Crippen molar-refractivity contribution >= 4 is 11.5 Å². The van der Waals surface area contributed by atoms with Crippen LogP contribution in [0.3, 0.4) is 0 Å². The zero-order chi connectivity index (χ0) is 18.1. The van der Waals surface area contributed by atoms with Gasteiger partial charge in [0.1, 0.15) is 11.9 Å². The highest BCUT2D eigenvalue weighted by molar-refractivity contribution is 5.96. The zero-order valence-electron chi connectivity index (χ0n) is 13.8. The normalized spacial score (nSPS) is 14.7. The lowest BCUT2D eigenvalue weighted by molar-refractivity contribution is -0.385. The molecule has 0 bridgehead atoms. The first kappa shape index (κ1) is 16.0. The highest BCUT2D eigenvalue weighted by atomic mass is 16.6. The third kappa shape index (κ3) is 2.84. The topological polar surface area (TPSA) is 69.4 Å². The van der Waals surface area contributed by atoms with Crippen LogP contribution in [0.1, 0.15) is 28.4 Å². The zero-order valence-corrected chi connectivity index (χ0v) is 13.8. The highest BCUT2D eigenvalue weighted by Gasteiger charge is 2.29. The smallest absolute Gasteiger partial charge is 0.269 e. The molecule has 0 aliphatic carbocycles. The van der Waals surface area contributed by atoms with Crippen LogP contribution in [-0.4, -0.2) is 10.7 Å². The molecule has 5 nitrogen and oxygen atoms in total. The molecule has 5 heteroatoms. The van der Waals surface area contributed by atoms with Crippen molar-refractivity contribution in [1.82, 2.24) is 0 Å². The minimum absolute atomic E-state index is 0.0103. The Hall–Kier alpha value is -3.47. The third-order valence-electron chi connectivity index (χ3n) is 4.51. The largest absolute Gasteiger partial charge is 0.485 e. The van der Waals surface area contributed by atoms with Gasteiger partial charge >= 0.3 is 0 Å². The van der Waals surface area contributed by atoms with Crippen molar-refractivity contribution in [3.05, 3.63) is 94.0 Å². The lowest BCUT2D eigenvalue weighted by Crippen LogP contribution is -2.18. The Morgan fingerprint density at radius 3 is 2.46 bits per heavy atom. The molecule has 26 heavy (non-hydrogen) atoms. The number of hydrogen-bond acceptors (Lipinski definition) is 4. The predicted molar refractivity (Wildman–Crippen MR) is 97.3 cm³/mol. The highest BCUT2D eigenvalue weighted by Crippen LogP contribution is 2.44. The number of nitro benzene ring substituents is 1. The minimum atomic E-state index is -0.562. The average molecular weight is 345 g/mol. The summed E-state index contributed by atoms with van der Waals surface area (Å²) in [5.74, 6) is 0.618. The average Bonchev–Trinajstić information content (AvgIpc) is 2.68. The Bertz CT molecular complexity index is 998. The van der Waals surface area contributed by atoms with Gasteiger partial charge in [-0.2, -0.15) is 0 Å². The van der Waals surface area contributed by atoms with Gasteiger partial charge in [0.2, 0.25) is 0 Å². The van der Waals surface area contributed by atoms with Crippen LogP contribution in [-0.2, 0) is 0 Å². The predicted octanol–water partition coefficient (Wildman–Crippen LogP) is 4.97. The van der Waals surface area contributed by atoms with E-state index in [0.29, 0.717) is 16.9 Å². The monoisotopic (exact) mass is 345 g/mol. The number of nitro groups is 1. The van der Waals surface area contributed by atoms with Crippen LogP contribution < -0.4 is 4.74 Å². The second-order valence-electron chi connectivity index (χ2n) is 6.12. The SMILES string of the molecule is O=C(CC1Oc2ccccc2-c2ccc([N+](=O)[O-])cc21)c1ccccc1. The van der Waals surface area contributed by atoms with E-state index in [4.69, 9.17) is 4.74 Å². The van der Waals surface area contributed by atoms with Gasteiger partial charge in [-0.1, -0.05) is 48.5 Å². The van der Waals surface area contributed by atoms with Gasteiger partial charge in [-0.3, -0.25) is 14.9 Å². The van der Waals surface area contributed by atoms with Crippen LogP contribution in [0.25, 0.3) is 11.1 Å². The molecular weight excluding hydrogens is 330 g/mol. The van der Waals surface area contributed by atoms with E-state index in [9.17, 15) is 14.9 Å². The molecule has 1 unspecified atom stereocenters. The Labute approximate surface area is 150 Å². The lowest BCUT2D eigenvalue weighted by atomic mass is 9.89. The van der Waals surface area contributed by atoms with E-state index in [2.05, 4.69) is 0 Å². The number of fused-ring (bicyclic) bond motifs is 3. The van der Waals surface area contributed by atoms with E-state index in [1.54, 1.807) is 18.2 Å². The number of hydrogen-bond donors (Lipinski definition) is 0. The molecule has 0 N–H and O–H groups in total. The van der Waals surface area contributed by atoms with E-state index < -0.39 is 11.0 Å². The van der Waals surface area contributed by atoms with Crippen LogP contribution >= 0.6 is 0 Å². The van der Waals surface area contributed by atoms with Crippen molar-refractivity contribution in [2.75, 3.05) is 0 Å². The first-order chi connectivity index (χ1) is 12.6. The Kier molecular flexibility index (Phi) is 3.97. The van der Waals surface area contributed by atoms with Gasteiger partial charge in [-0.15, -0.1) is 0 Å². The number of carbonyl (C=O) groups is 1. The van der Waals surface area contributed by atoms with E-state index in [1.807, 2.05) is 42.5 Å². The molecule has 1 heterocycles. The van der Waals surface area contributed by atoms with Crippen LogP contribution in [0.2, 0.25) is 0 Å². The molecule has 3 aromatic carbocycles. The van der Waals surface area contributed by atoms with E-state index in [1.165, 1.54) is 12.1 Å². The summed E-state index contributed by atoms with van der Waals surface area (Å²) >= 11 is 0. The maximum absolute atomic E-state index is 12.6. The lowest BCUT2D eigenvalue weighted by Gasteiger charge is -2.28. The molecule has 0 saturated heterocycles. The fourth-order valence-electron chi connectivity index (χ4n) is 3.25. The summed E-state index contributed by atoms with van der Waals surface area (Å²) in [5, 5.41) is 11.2. The molecular formula is C21H15NO4. The summed E-state index contributed by atoms with van der Waals surface area (Å²) in [4.78, 5) is 23.4. The number of ketones is 1. The van der Waals surface area contributed by atoms with Crippen molar-refractivity contribution in [3.8, 4) is 16.9 Å².